The number of carbonyl (C=O) groups is 2. The Morgan fingerprint density at radius 2 is 1.70 bits per heavy atom. The molecule has 0 spiro atoms. The largest absolute Gasteiger partial charge is 0.446 e. The van der Waals surface area contributed by atoms with Crippen molar-refractivity contribution in [2.24, 2.45) is 0 Å². The molecule has 0 heterocycles. The summed E-state index contributed by atoms with van der Waals surface area (Å²) in [6.07, 6.45) is -0.829. The molecule has 2 aromatic carbocycles. The van der Waals surface area contributed by atoms with E-state index in [1.807, 2.05) is 42.5 Å². The van der Waals surface area contributed by atoms with Crippen LogP contribution >= 0.6 is 0 Å². The number of amides is 1. The molecule has 0 aromatic heterocycles. The second kappa shape index (κ2) is 7.76. The second-order valence-corrected chi connectivity index (χ2v) is 4.89. The lowest BCUT2D eigenvalue weighted by molar-refractivity contribution is -0.144. The number of nitriles is 1. The van der Waals surface area contributed by atoms with Crippen LogP contribution in [0, 0.1) is 11.3 Å². The highest BCUT2D eigenvalue weighted by Crippen LogP contribution is 2.19. The standard InChI is InChI=1S/C18H16N2O3/c1-13(11-19)23-17(21)12-20-18(22)16-9-7-15(8-10-16)14-5-3-2-4-6-14/h2-10,13H,12H2,1H3,(H,20,22)/t13-/m0/s1. The van der Waals surface area contributed by atoms with Crippen LogP contribution in [-0.4, -0.2) is 24.5 Å². The highest BCUT2D eigenvalue weighted by molar-refractivity contribution is 5.96. The number of ether oxygens (including phenoxy) is 1. The van der Waals surface area contributed by atoms with Crippen LogP contribution in [0.5, 0.6) is 0 Å². The van der Waals surface area contributed by atoms with Gasteiger partial charge in [-0.1, -0.05) is 42.5 Å². The zero-order valence-electron chi connectivity index (χ0n) is 12.7. The van der Waals surface area contributed by atoms with Gasteiger partial charge in [0.25, 0.3) is 5.91 Å². The second-order valence-electron chi connectivity index (χ2n) is 4.89. The minimum absolute atomic E-state index is 0.273. The van der Waals surface area contributed by atoms with Gasteiger partial charge in [-0.05, 0) is 30.2 Å². The molecule has 0 fully saturated rings. The van der Waals surface area contributed by atoms with Gasteiger partial charge in [-0.3, -0.25) is 9.59 Å². The zero-order chi connectivity index (χ0) is 16.7. The van der Waals surface area contributed by atoms with E-state index in [9.17, 15) is 9.59 Å². The highest BCUT2D eigenvalue weighted by atomic mass is 16.5. The number of carbonyl (C=O) groups excluding carboxylic acids is 2. The van der Waals surface area contributed by atoms with Crippen molar-refractivity contribution >= 4 is 11.9 Å². The lowest BCUT2D eigenvalue weighted by atomic mass is 10.0. The average Bonchev–Trinajstić information content (AvgIpc) is 2.60. The highest BCUT2D eigenvalue weighted by Gasteiger charge is 2.11. The molecule has 1 N–H and O–H groups in total. The van der Waals surface area contributed by atoms with Crippen LogP contribution in [0.3, 0.4) is 0 Å². The Morgan fingerprint density at radius 1 is 1.09 bits per heavy atom. The number of hydrogen-bond acceptors (Lipinski definition) is 4. The van der Waals surface area contributed by atoms with Crippen LogP contribution in [0.15, 0.2) is 54.6 Å². The zero-order valence-corrected chi connectivity index (χ0v) is 12.7. The third-order valence-electron chi connectivity index (χ3n) is 3.14. The fraction of sp³-hybridized carbons (Fsp3) is 0.167. The summed E-state index contributed by atoms with van der Waals surface area (Å²) < 4.78 is 4.75. The maximum Gasteiger partial charge on any atom is 0.326 e. The van der Waals surface area contributed by atoms with Crippen LogP contribution in [0.25, 0.3) is 11.1 Å². The maximum atomic E-state index is 12.0. The summed E-state index contributed by atoms with van der Waals surface area (Å²) in [6, 6.07) is 18.7. The number of rotatable bonds is 5. The Labute approximate surface area is 134 Å². The van der Waals surface area contributed by atoms with Gasteiger partial charge in [0.05, 0.1) is 0 Å². The predicted molar refractivity (Wildman–Crippen MR) is 85.4 cm³/mol. The lowest BCUT2D eigenvalue weighted by Gasteiger charge is -2.08. The molecule has 0 unspecified atom stereocenters. The molecule has 0 saturated carbocycles. The molecular formula is C18H16N2O3. The molecule has 0 aliphatic rings. The van der Waals surface area contributed by atoms with Gasteiger partial charge in [-0.15, -0.1) is 0 Å². The van der Waals surface area contributed by atoms with Crippen molar-refractivity contribution in [3.05, 3.63) is 60.2 Å². The Balaban J connectivity index is 1.93. The van der Waals surface area contributed by atoms with Gasteiger partial charge in [0.2, 0.25) is 0 Å². The topological polar surface area (TPSA) is 79.2 Å². The molecule has 2 rings (SSSR count). The molecule has 0 aliphatic heterocycles. The van der Waals surface area contributed by atoms with Crippen molar-refractivity contribution in [2.75, 3.05) is 6.54 Å². The molecule has 0 bridgehead atoms. The van der Waals surface area contributed by atoms with Crippen molar-refractivity contribution in [3.8, 4) is 17.2 Å². The van der Waals surface area contributed by atoms with Gasteiger partial charge < -0.3 is 10.1 Å². The lowest BCUT2D eigenvalue weighted by Crippen LogP contribution is -2.31. The third kappa shape index (κ3) is 4.68. The summed E-state index contributed by atoms with van der Waals surface area (Å²) in [4.78, 5) is 23.4. The van der Waals surface area contributed by atoms with E-state index in [0.29, 0.717) is 5.56 Å². The fourth-order valence-corrected chi connectivity index (χ4v) is 1.96. The van der Waals surface area contributed by atoms with E-state index in [0.717, 1.165) is 11.1 Å². The molecule has 5 nitrogen and oxygen atoms in total. The summed E-state index contributed by atoms with van der Waals surface area (Å²) >= 11 is 0. The Kier molecular flexibility index (Phi) is 5.48. The van der Waals surface area contributed by atoms with Gasteiger partial charge in [0.15, 0.2) is 6.10 Å². The Bertz CT molecular complexity index is 718. The van der Waals surface area contributed by atoms with Crippen molar-refractivity contribution in [1.29, 1.82) is 5.26 Å². The van der Waals surface area contributed by atoms with E-state index in [-0.39, 0.29) is 12.5 Å². The molecule has 1 amide bonds. The molecule has 1 atom stereocenters. The van der Waals surface area contributed by atoms with E-state index in [1.54, 1.807) is 18.2 Å². The van der Waals surface area contributed by atoms with Gasteiger partial charge in [-0.2, -0.15) is 5.26 Å². The van der Waals surface area contributed by atoms with Crippen LogP contribution < -0.4 is 5.32 Å². The Hall–Kier alpha value is -3.13. The van der Waals surface area contributed by atoms with Crippen molar-refractivity contribution in [2.45, 2.75) is 13.0 Å². The summed E-state index contributed by atoms with van der Waals surface area (Å²) in [7, 11) is 0. The summed E-state index contributed by atoms with van der Waals surface area (Å²) in [5.41, 5.74) is 2.52. The van der Waals surface area contributed by atoms with E-state index >= 15 is 0 Å². The average molecular weight is 308 g/mol. The summed E-state index contributed by atoms with van der Waals surface area (Å²) in [6.45, 7) is 1.19. The quantitative estimate of drug-likeness (QED) is 0.861. The van der Waals surface area contributed by atoms with Gasteiger partial charge in [-0.25, -0.2) is 0 Å². The first kappa shape index (κ1) is 16.2. The van der Waals surface area contributed by atoms with Gasteiger partial charge in [0, 0.05) is 5.56 Å². The number of esters is 1. The molecule has 23 heavy (non-hydrogen) atoms. The maximum absolute atomic E-state index is 12.0. The molecule has 5 heteroatoms. The van der Waals surface area contributed by atoms with Gasteiger partial charge in [0.1, 0.15) is 12.6 Å². The predicted octanol–water partition coefficient (Wildman–Crippen LogP) is 2.54. The first-order valence-corrected chi connectivity index (χ1v) is 7.13. The van der Waals surface area contributed by atoms with Crippen LogP contribution in [0.4, 0.5) is 0 Å². The first-order valence-electron chi connectivity index (χ1n) is 7.13. The summed E-state index contributed by atoms with van der Waals surface area (Å²) in [5, 5.41) is 11.0. The molecule has 116 valence electrons. The fourth-order valence-electron chi connectivity index (χ4n) is 1.96. The van der Waals surface area contributed by atoms with E-state index in [1.165, 1.54) is 6.92 Å². The Morgan fingerprint density at radius 3 is 2.30 bits per heavy atom. The van der Waals surface area contributed by atoms with Crippen molar-refractivity contribution < 1.29 is 14.3 Å². The molecule has 2 aromatic rings. The monoisotopic (exact) mass is 308 g/mol. The molecule has 0 radical (unpaired) electrons. The van der Waals surface area contributed by atoms with Crippen molar-refractivity contribution in [3.63, 3.8) is 0 Å². The van der Waals surface area contributed by atoms with Crippen LogP contribution in [-0.2, 0) is 9.53 Å². The van der Waals surface area contributed by atoms with E-state index < -0.39 is 12.1 Å². The number of hydrogen-bond donors (Lipinski definition) is 1. The van der Waals surface area contributed by atoms with E-state index in [2.05, 4.69) is 5.32 Å². The van der Waals surface area contributed by atoms with E-state index in [4.69, 9.17) is 10.00 Å². The first-order chi connectivity index (χ1) is 11.1. The SMILES string of the molecule is C[C@@H](C#N)OC(=O)CNC(=O)c1ccc(-c2ccccc2)cc1. The normalized spacial score (nSPS) is 11.1. The van der Waals surface area contributed by atoms with Crippen LogP contribution in [0.1, 0.15) is 17.3 Å². The van der Waals surface area contributed by atoms with Crippen LogP contribution in [0.2, 0.25) is 0 Å². The smallest absolute Gasteiger partial charge is 0.326 e. The van der Waals surface area contributed by atoms with Crippen molar-refractivity contribution in [1.82, 2.24) is 5.32 Å². The summed E-state index contributed by atoms with van der Waals surface area (Å²) in [5.74, 6) is -1.01. The number of nitrogens with one attached hydrogen (secondary N) is 1. The minimum Gasteiger partial charge on any atom is -0.446 e. The minimum atomic E-state index is -0.829. The molecule has 0 aliphatic carbocycles. The molecule has 0 saturated heterocycles. The van der Waals surface area contributed by atoms with Gasteiger partial charge >= 0.3 is 5.97 Å². The molecular weight excluding hydrogens is 292 g/mol. The third-order valence-corrected chi connectivity index (χ3v) is 3.14. The number of benzene rings is 2. The number of nitrogens with zero attached hydrogens (tertiary/aromatic N) is 1.